The summed E-state index contributed by atoms with van der Waals surface area (Å²) >= 11 is 1.81. The zero-order valence-electron chi connectivity index (χ0n) is 23.8. The first-order valence-electron chi connectivity index (χ1n) is 14.7. The first-order valence-corrected chi connectivity index (χ1v) is 15.5. The van der Waals surface area contributed by atoms with Crippen LogP contribution >= 0.6 is 11.3 Å². The zero-order valence-corrected chi connectivity index (χ0v) is 24.7. The number of aromatic hydroxyl groups is 1. The molecule has 0 saturated carbocycles. The van der Waals surface area contributed by atoms with Gasteiger partial charge < -0.3 is 14.9 Å². The minimum Gasteiger partial charge on any atom is -0.508 e. The van der Waals surface area contributed by atoms with Crippen LogP contribution < -0.4 is 9.80 Å². The predicted molar refractivity (Wildman–Crippen MR) is 188 cm³/mol. The molecule has 0 amide bonds. The highest BCUT2D eigenvalue weighted by Crippen LogP contribution is 2.49. The number of hydrogen-bond acceptors (Lipinski definition) is 4. The molecule has 1 aromatic heterocycles. The predicted octanol–water partition coefficient (Wildman–Crippen LogP) is 11.9. The van der Waals surface area contributed by atoms with E-state index in [1.165, 1.54) is 20.2 Å². The van der Waals surface area contributed by atoms with E-state index in [1.807, 2.05) is 35.6 Å². The second-order valence-corrected chi connectivity index (χ2v) is 11.9. The number of anilines is 6. The Morgan fingerprint density at radius 2 is 1.02 bits per heavy atom. The quantitative estimate of drug-likeness (QED) is 0.211. The molecule has 8 aromatic rings. The molecule has 0 bridgehead atoms. The number of thiophene rings is 1. The zero-order chi connectivity index (χ0) is 29.5. The molecule has 0 aliphatic carbocycles. The van der Waals surface area contributed by atoms with Crippen LogP contribution in [0, 0.1) is 0 Å². The smallest absolute Gasteiger partial charge is 0.117 e. The number of nitrogens with zero attached hydrogens (tertiary/aromatic N) is 2. The van der Waals surface area contributed by atoms with Gasteiger partial charge in [0.1, 0.15) is 5.75 Å². The lowest BCUT2D eigenvalue weighted by Gasteiger charge is -2.33. The standard InChI is InChI=1S/C40H28N2OS/c43-32-23-25-37(41(29-14-3-1-4-15-29)30-16-5-2-6-17-30)38(27-32)42(36-20-11-13-28-12-7-8-18-33(28)36)31-22-24-35-34-19-9-10-21-39(34)44-40(35)26-31/h1-27,43H. The molecule has 0 spiro atoms. The van der Waals surface area contributed by atoms with E-state index in [9.17, 15) is 5.11 Å². The number of rotatable bonds is 6. The van der Waals surface area contributed by atoms with Gasteiger partial charge in [-0.15, -0.1) is 11.3 Å². The molecule has 0 saturated heterocycles. The van der Waals surface area contributed by atoms with E-state index in [4.69, 9.17) is 0 Å². The first kappa shape index (κ1) is 26.1. The maximum absolute atomic E-state index is 11.0. The van der Waals surface area contributed by atoms with Crippen LogP contribution in [-0.4, -0.2) is 5.11 Å². The molecular weight excluding hydrogens is 557 g/mol. The fourth-order valence-electron chi connectivity index (χ4n) is 6.13. The second-order valence-electron chi connectivity index (χ2n) is 10.8. The Morgan fingerprint density at radius 1 is 0.386 bits per heavy atom. The Labute approximate surface area is 260 Å². The highest BCUT2D eigenvalue weighted by molar-refractivity contribution is 7.25. The molecule has 1 N–H and O–H groups in total. The molecule has 8 rings (SSSR count). The third kappa shape index (κ3) is 4.53. The summed E-state index contributed by atoms with van der Waals surface area (Å²) < 4.78 is 2.49. The van der Waals surface area contributed by atoms with Crippen molar-refractivity contribution >= 4 is 76.4 Å². The van der Waals surface area contributed by atoms with Crippen molar-refractivity contribution in [2.45, 2.75) is 0 Å². The van der Waals surface area contributed by atoms with Gasteiger partial charge in [0.2, 0.25) is 0 Å². The second kappa shape index (κ2) is 10.9. The van der Waals surface area contributed by atoms with Gasteiger partial charge in [0, 0.05) is 48.7 Å². The number of phenols is 1. The van der Waals surface area contributed by atoms with Crippen molar-refractivity contribution in [1.29, 1.82) is 0 Å². The molecule has 4 heteroatoms. The van der Waals surface area contributed by atoms with Gasteiger partial charge in [0.15, 0.2) is 0 Å². The Bertz CT molecular complexity index is 2210. The van der Waals surface area contributed by atoms with Gasteiger partial charge in [-0.05, 0) is 66.0 Å². The number of para-hydroxylation sites is 2. The average molecular weight is 585 g/mol. The topological polar surface area (TPSA) is 26.7 Å². The highest BCUT2D eigenvalue weighted by Gasteiger charge is 2.24. The SMILES string of the molecule is Oc1ccc(N(c2ccccc2)c2ccccc2)c(N(c2ccc3c(c2)sc2ccccc23)c2cccc3ccccc23)c1. The maximum Gasteiger partial charge on any atom is 0.117 e. The summed E-state index contributed by atoms with van der Waals surface area (Å²) in [4.78, 5) is 4.55. The number of benzene rings is 7. The molecule has 7 aromatic carbocycles. The monoisotopic (exact) mass is 584 g/mol. The van der Waals surface area contributed by atoms with Crippen LogP contribution in [-0.2, 0) is 0 Å². The molecule has 0 fully saturated rings. The van der Waals surface area contributed by atoms with E-state index in [1.54, 1.807) is 6.07 Å². The van der Waals surface area contributed by atoms with Crippen LogP contribution in [0.3, 0.4) is 0 Å². The lowest BCUT2D eigenvalue weighted by molar-refractivity contribution is 0.475. The van der Waals surface area contributed by atoms with Crippen LogP contribution in [0.25, 0.3) is 30.9 Å². The summed E-state index contributed by atoms with van der Waals surface area (Å²) in [5, 5.41) is 15.8. The Morgan fingerprint density at radius 3 is 1.80 bits per heavy atom. The van der Waals surface area contributed by atoms with Crippen molar-refractivity contribution in [1.82, 2.24) is 0 Å². The van der Waals surface area contributed by atoms with E-state index < -0.39 is 0 Å². The summed E-state index contributed by atoms with van der Waals surface area (Å²) in [6.45, 7) is 0. The summed E-state index contributed by atoms with van der Waals surface area (Å²) in [7, 11) is 0. The number of hydrogen-bond donors (Lipinski definition) is 1. The summed E-state index contributed by atoms with van der Waals surface area (Å²) in [5.41, 5.74) is 5.94. The van der Waals surface area contributed by atoms with Crippen LogP contribution in [0.2, 0.25) is 0 Å². The van der Waals surface area contributed by atoms with Crippen molar-refractivity contribution in [3.05, 3.63) is 164 Å². The third-order valence-corrected chi connectivity index (χ3v) is 9.23. The molecule has 0 atom stereocenters. The maximum atomic E-state index is 11.0. The van der Waals surface area contributed by atoms with Crippen molar-refractivity contribution in [3.63, 3.8) is 0 Å². The van der Waals surface area contributed by atoms with Gasteiger partial charge in [-0.3, -0.25) is 0 Å². The van der Waals surface area contributed by atoms with E-state index in [0.717, 1.165) is 44.9 Å². The van der Waals surface area contributed by atoms with Crippen LogP contribution in [0.1, 0.15) is 0 Å². The van der Waals surface area contributed by atoms with Crippen molar-refractivity contribution in [2.75, 3.05) is 9.80 Å². The molecule has 1 heterocycles. The largest absolute Gasteiger partial charge is 0.508 e. The normalized spacial score (nSPS) is 11.3. The van der Waals surface area contributed by atoms with Crippen molar-refractivity contribution < 1.29 is 5.11 Å². The molecule has 0 aliphatic heterocycles. The van der Waals surface area contributed by atoms with Gasteiger partial charge in [-0.1, -0.05) is 97.1 Å². The van der Waals surface area contributed by atoms with Crippen molar-refractivity contribution in [2.24, 2.45) is 0 Å². The molecule has 44 heavy (non-hydrogen) atoms. The van der Waals surface area contributed by atoms with E-state index in [0.29, 0.717) is 0 Å². The van der Waals surface area contributed by atoms with Crippen molar-refractivity contribution in [3.8, 4) is 5.75 Å². The van der Waals surface area contributed by atoms with Gasteiger partial charge >= 0.3 is 0 Å². The highest BCUT2D eigenvalue weighted by atomic mass is 32.1. The molecule has 210 valence electrons. The molecule has 0 unspecified atom stereocenters. The van der Waals surface area contributed by atoms with Crippen LogP contribution in [0.15, 0.2) is 164 Å². The Balaban J connectivity index is 1.43. The minimum atomic E-state index is 0.206. The fraction of sp³-hybridized carbons (Fsp3) is 0. The molecule has 0 radical (unpaired) electrons. The van der Waals surface area contributed by atoms with Gasteiger partial charge in [0.25, 0.3) is 0 Å². The lowest BCUT2D eigenvalue weighted by atomic mass is 10.0. The molecule has 0 aliphatic rings. The third-order valence-electron chi connectivity index (χ3n) is 8.10. The Hall–Kier alpha value is -5.58. The number of phenolic OH excluding ortho intramolecular Hbond substituents is 1. The summed E-state index contributed by atoms with van der Waals surface area (Å²) in [6, 6.07) is 56.7. The number of fused-ring (bicyclic) bond motifs is 4. The molecular formula is C40H28N2OS. The van der Waals surface area contributed by atoms with Gasteiger partial charge in [0.05, 0.1) is 17.1 Å². The first-order chi connectivity index (χ1) is 21.7. The summed E-state index contributed by atoms with van der Waals surface area (Å²) in [6.07, 6.45) is 0. The lowest BCUT2D eigenvalue weighted by Crippen LogP contribution is -2.17. The summed E-state index contributed by atoms with van der Waals surface area (Å²) in [5.74, 6) is 0.206. The van der Waals surface area contributed by atoms with E-state index in [-0.39, 0.29) is 5.75 Å². The van der Waals surface area contributed by atoms with Gasteiger partial charge in [-0.25, -0.2) is 0 Å². The van der Waals surface area contributed by atoms with Gasteiger partial charge in [-0.2, -0.15) is 0 Å². The fourth-order valence-corrected chi connectivity index (χ4v) is 7.27. The average Bonchev–Trinajstić information content (AvgIpc) is 3.45. The van der Waals surface area contributed by atoms with E-state index in [2.05, 4.69) is 143 Å². The molecule has 3 nitrogen and oxygen atoms in total. The Kier molecular flexibility index (Phi) is 6.47. The van der Waals surface area contributed by atoms with E-state index >= 15 is 0 Å². The van der Waals surface area contributed by atoms with Crippen LogP contribution in [0.4, 0.5) is 34.1 Å². The minimum absolute atomic E-state index is 0.206. The van der Waals surface area contributed by atoms with Crippen LogP contribution in [0.5, 0.6) is 5.75 Å².